The van der Waals surface area contributed by atoms with Crippen LogP contribution in [-0.4, -0.2) is 89.8 Å². The Kier molecular flexibility index (Phi) is 8.88. The molecule has 0 aromatic rings. The molecule has 0 aromatic carbocycles. The molecule has 0 spiro atoms. The summed E-state index contributed by atoms with van der Waals surface area (Å²) >= 11 is 0. The van der Waals surface area contributed by atoms with Crippen LogP contribution < -0.4 is 0 Å². The van der Waals surface area contributed by atoms with Crippen molar-refractivity contribution in [2.45, 2.75) is 76.2 Å². The van der Waals surface area contributed by atoms with Crippen LogP contribution in [-0.2, 0) is 18.9 Å². The van der Waals surface area contributed by atoms with Crippen LogP contribution in [0.4, 0.5) is 0 Å². The molecule has 4 N–H and O–H groups in total. The summed E-state index contributed by atoms with van der Waals surface area (Å²) in [6.45, 7) is 5.45. The minimum atomic E-state index is -1.45. The van der Waals surface area contributed by atoms with Gasteiger partial charge in [-0.05, 0) is 20.8 Å². The van der Waals surface area contributed by atoms with Gasteiger partial charge in [0.15, 0.2) is 6.29 Å². The number of rotatable bonds is 9. The molecule has 1 saturated heterocycles. The number of hydrogen-bond acceptors (Lipinski definition) is 8. The normalized spacial score (nSPS) is 34.6. The number of aliphatic hydroxyl groups excluding tert-OH is 4. The maximum atomic E-state index is 9.90. The summed E-state index contributed by atoms with van der Waals surface area (Å²) in [5.74, 6) is 0. The highest BCUT2D eigenvalue weighted by Crippen LogP contribution is 2.22. The van der Waals surface area contributed by atoms with E-state index in [0.29, 0.717) is 6.42 Å². The predicted octanol–water partition coefficient (Wildman–Crippen LogP) is -0.978. The van der Waals surface area contributed by atoms with Gasteiger partial charge in [-0.2, -0.15) is 0 Å². The summed E-state index contributed by atoms with van der Waals surface area (Å²) in [5.41, 5.74) is 0. The van der Waals surface area contributed by atoms with Crippen molar-refractivity contribution in [1.29, 1.82) is 0 Å². The minimum Gasteiger partial charge on any atom is -0.394 e. The smallest absolute Gasteiger partial charge is 0.186 e. The Hall–Kier alpha value is -0.320. The molecular formula is C15H30O8. The molecule has 7 unspecified atom stereocenters. The fraction of sp³-hybridized carbons (Fsp3) is 1.00. The molecule has 8 heteroatoms. The third-order valence-electron chi connectivity index (χ3n) is 3.73. The van der Waals surface area contributed by atoms with E-state index in [0.717, 1.165) is 0 Å². The monoisotopic (exact) mass is 338 g/mol. The Morgan fingerprint density at radius 2 is 1.70 bits per heavy atom. The van der Waals surface area contributed by atoms with Crippen molar-refractivity contribution in [1.82, 2.24) is 0 Å². The van der Waals surface area contributed by atoms with Crippen molar-refractivity contribution in [2.75, 3.05) is 20.3 Å². The number of ether oxygens (including phenoxy) is 4. The van der Waals surface area contributed by atoms with Gasteiger partial charge in [0.05, 0.1) is 31.5 Å². The summed E-state index contributed by atoms with van der Waals surface area (Å²) in [4.78, 5) is 0. The van der Waals surface area contributed by atoms with Crippen LogP contribution in [0.5, 0.6) is 0 Å². The topological polar surface area (TPSA) is 118 Å². The van der Waals surface area contributed by atoms with E-state index in [-0.39, 0.29) is 24.9 Å². The second-order valence-electron chi connectivity index (χ2n) is 6.12. The minimum absolute atomic E-state index is 0.0293. The van der Waals surface area contributed by atoms with Crippen LogP contribution in [0, 0.1) is 0 Å². The van der Waals surface area contributed by atoms with Gasteiger partial charge in [0.1, 0.15) is 24.4 Å². The molecule has 1 aliphatic rings. The average molecular weight is 338 g/mol. The molecule has 0 aliphatic carbocycles. The van der Waals surface area contributed by atoms with Crippen LogP contribution in [0.2, 0.25) is 0 Å². The number of aliphatic hydroxyl groups is 4. The highest BCUT2D eigenvalue weighted by atomic mass is 16.7. The van der Waals surface area contributed by atoms with Crippen molar-refractivity contribution < 1.29 is 39.4 Å². The Morgan fingerprint density at radius 1 is 1.04 bits per heavy atom. The van der Waals surface area contributed by atoms with Crippen molar-refractivity contribution in [3.05, 3.63) is 0 Å². The lowest BCUT2D eigenvalue weighted by atomic mass is 9.99. The zero-order valence-electron chi connectivity index (χ0n) is 14.2. The third kappa shape index (κ3) is 6.24. The van der Waals surface area contributed by atoms with E-state index in [1.165, 1.54) is 0 Å². The molecule has 0 bridgehead atoms. The third-order valence-corrected chi connectivity index (χ3v) is 3.73. The average Bonchev–Trinajstić information content (AvgIpc) is 2.49. The van der Waals surface area contributed by atoms with Gasteiger partial charge in [0.2, 0.25) is 0 Å². The standard InChI is InChI=1S/C15H30O8/c1-8(2)22-9(3)5-10(20-4)7-21-15-14(19)13(18)12(17)11(6-16)23-15/h8-19H,5-7H2,1-4H3. The summed E-state index contributed by atoms with van der Waals surface area (Å²) < 4.78 is 21.7. The molecular weight excluding hydrogens is 308 g/mol. The summed E-state index contributed by atoms with van der Waals surface area (Å²) in [6, 6.07) is 0. The molecule has 138 valence electrons. The van der Waals surface area contributed by atoms with Gasteiger partial charge in [0.25, 0.3) is 0 Å². The van der Waals surface area contributed by atoms with Crippen LogP contribution >= 0.6 is 0 Å². The predicted molar refractivity (Wildman–Crippen MR) is 80.8 cm³/mol. The first-order valence-electron chi connectivity index (χ1n) is 7.90. The van der Waals surface area contributed by atoms with Gasteiger partial charge in [-0.25, -0.2) is 0 Å². The molecule has 1 heterocycles. The first-order valence-corrected chi connectivity index (χ1v) is 7.90. The lowest BCUT2D eigenvalue weighted by molar-refractivity contribution is -0.305. The van der Waals surface area contributed by atoms with E-state index in [1.54, 1.807) is 7.11 Å². The van der Waals surface area contributed by atoms with E-state index < -0.39 is 37.3 Å². The van der Waals surface area contributed by atoms with E-state index in [2.05, 4.69) is 0 Å². The van der Waals surface area contributed by atoms with Crippen molar-refractivity contribution in [2.24, 2.45) is 0 Å². The summed E-state index contributed by atoms with van der Waals surface area (Å²) in [5, 5.41) is 38.5. The van der Waals surface area contributed by atoms with E-state index in [1.807, 2.05) is 20.8 Å². The molecule has 1 aliphatic heterocycles. The van der Waals surface area contributed by atoms with Crippen molar-refractivity contribution >= 4 is 0 Å². The maximum absolute atomic E-state index is 9.90. The van der Waals surface area contributed by atoms with Gasteiger partial charge < -0.3 is 39.4 Å². The lowest BCUT2D eigenvalue weighted by Crippen LogP contribution is -2.59. The Bertz CT molecular complexity index is 325. The molecule has 0 saturated carbocycles. The van der Waals surface area contributed by atoms with E-state index in [4.69, 9.17) is 24.1 Å². The molecule has 0 radical (unpaired) electrons. The Labute approximate surface area is 136 Å². The number of methoxy groups -OCH3 is 1. The maximum Gasteiger partial charge on any atom is 0.186 e. The van der Waals surface area contributed by atoms with Crippen molar-refractivity contribution in [3.8, 4) is 0 Å². The molecule has 7 atom stereocenters. The lowest BCUT2D eigenvalue weighted by Gasteiger charge is -2.40. The van der Waals surface area contributed by atoms with Crippen molar-refractivity contribution in [3.63, 3.8) is 0 Å². The quantitative estimate of drug-likeness (QED) is 0.424. The Morgan fingerprint density at radius 3 is 2.22 bits per heavy atom. The summed E-state index contributed by atoms with van der Waals surface area (Å²) in [7, 11) is 1.55. The SMILES string of the molecule is COC(COC1OC(CO)C(O)C(O)C1O)CC(C)OC(C)C. The first-order chi connectivity index (χ1) is 10.8. The molecule has 1 fully saturated rings. The zero-order valence-corrected chi connectivity index (χ0v) is 14.2. The van der Waals surface area contributed by atoms with Crippen LogP contribution in [0.25, 0.3) is 0 Å². The van der Waals surface area contributed by atoms with Crippen LogP contribution in [0.1, 0.15) is 27.2 Å². The first kappa shape index (κ1) is 20.7. The van der Waals surface area contributed by atoms with E-state index in [9.17, 15) is 15.3 Å². The van der Waals surface area contributed by atoms with Gasteiger partial charge in [-0.1, -0.05) is 0 Å². The molecule has 1 rings (SSSR count). The van der Waals surface area contributed by atoms with Crippen LogP contribution in [0.15, 0.2) is 0 Å². The molecule has 23 heavy (non-hydrogen) atoms. The fourth-order valence-electron chi connectivity index (χ4n) is 2.53. The van der Waals surface area contributed by atoms with Crippen LogP contribution in [0.3, 0.4) is 0 Å². The Balaban J connectivity index is 2.50. The van der Waals surface area contributed by atoms with Gasteiger partial charge >= 0.3 is 0 Å². The largest absolute Gasteiger partial charge is 0.394 e. The highest BCUT2D eigenvalue weighted by molar-refractivity contribution is 4.89. The van der Waals surface area contributed by atoms with Gasteiger partial charge in [-0.15, -0.1) is 0 Å². The zero-order chi connectivity index (χ0) is 17.6. The second-order valence-corrected chi connectivity index (χ2v) is 6.12. The molecule has 0 amide bonds. The number of hydrogen-bond donors (Lipinski definition) is 4. The summed E-state index contributed by atoms with van der Waals surface area (Å²) in [6.07, 6.45) is -6.00. The van der Waals surface area contributed by atoms with Gasteiger partial charge in [0, 0.05) is 13.5 Å². The molecule has 8 nitrogen and oxygen atoms in total. The highest BCUT2D eigenvalue weighted by Gasteiger charge is 2.44. The van der Waals surface area contributed by atoms with E-state index >= 15 is 0 Å². The molecule has 0 aromatic heterocycles. The fourth-order valence-corrected chi connectivity index (χ4v) is 2.53. The second kappa shape index (κ2) is 9.85. The van der Waals surface area contributed by atoms with Gasteiger partial charge in [-0.3, -0.25) is 0 Å².